The van der Waals surface area contributed by atoms with Crippen LogP contribution in [-0.2, 0) is 0 Å². The maximum Gasteiger partial charge on any atom is 0.574 e. The number of alkyl halides is 3. The molecule has 8 heteroatoms. The molecular formula is C8H5F3INO3. The normalized spacial score (nSPS) is 11.3. The monoisotopic (exact) mass is 347 g/mol. The molecule has 0 radical (unpaired) electrons. The zero-order valence-corrected chi connectivity index (χ0v) is 9.96. The van der Waals surface area contributed by atoms with E-state index in [2.05, 4.69) is 9.72 Å². The summed E-state index contributed by atoms with van der Waals surface area (Å²) in [6, 6.07) is 1.02. The van der Waals surface area contributed by atoms with Gasteiger partial charge in [0.2, 0.25) is 5.88 Å². The van der Waals surface area contributed by atoms with E-state index in [1.165, 1.54) is 6.92 Å². The lowest BCUT2D eigenvalue weighted by molar-refractivity contribution is -0.276. The molecule has 88 valence electrons. The van der Waals surface area contributed by atoms with Crippen LogP contribution in [0.2, 0.25) is 0 Å². The van der Waals surface area contributed by atoms with E-state index in [0.29, 0.717) is 9.13 Å². The Bertz CT molecular complexity index is 433. The molecule has 0 spiro atoms. The molecule has 1 aromatic rings. The zero-order chi connectivity index (χ0) is 12.5. The number of hydrogen-bond donors (Lipinski definition) is 1. The highest BCUT2D eigenvalue weighted by Crippen LogP contribution is 2.25. The van der Waals surface area contributed by atoms with Crippen molar-refractivity contribution in [2.45, 2.75) is 13.3 Å². The summed E-state index contributed by atoms with van der Waals surface area (Å²) in [7, 11) is 0. The first kappa shape index (κ1) is 13.0. The van der Waals surface area contributed by atoms with Crippen LogP contribution in [0.25, 0.3) is 0 Å². The van der Waals surface area contributed by atoms with Gasteiger partial charge < -0.3 is 9.84 Å². The highest BCUT2D eigenvalue weighted by atomic mass is 127. The molecular weight excluding hydrogens is 342 g/mol. The summed E-state index contributed by atoms with van der Waals surface area (Å²) >= 11 is 1.71. The standard InChI is InChI=1S/C8H5F3INO3/c1-3-4(12)2-5(16-8(9,10)11)13-6(3)7(14)15/h2H,1H3,(H,14,15). The van der Waals surface area contributed by atoms with Gasteiger partial charge in [0.1, 0.15) is 0 Å². The fourth-order valence-electron chi connectivity index (χ4n) is 0.935. The van der Waals surface area contributed by atoms with Crippen molar-refractivity contribution in [3.63, 3.8) is 0 Å². The van der Waals surface area contributed by atoms with Crippen LogP contribution in [0.4, 0.5) is 13.2 Å². The third-order valence-corrected chi connectivity index (χ3v) is 2.73. The average Bonchev–Trinajstić information content (AvgIpc) is 2.07. The first-order chi connectivity index (χ1) is 7.20. The SMILES string of the molecule is Cc1c(I)cc(OC(F)(F)F)nc1C(=O)O. The molecule has 1 heterocycles. The number of halogens is 4. The number of nitrogens with zero attached hydrogens (tertiary/aromatic N) is 1. The summed E-state index contributed by atoms with van der Waals surface area (Å²) in [5.74, 6) is -2.18. The average molecular weight is 347 g/mol. The van der Waals surface area contributed by atoms with Crippen molar-refractivity contribution in [1.29, 1.82) is 0 Å². The zero-order valence-electron chi connectivity index (χ0n) is 7.80. The number of aromatic carboxylic acids is 1. The van der Waals surface area contributed by atoms with Gasteiger partial charge in [-0.1, -0.05) is 0 Å². The van der Waals surface area contributed by atoms with Gasteiger partial charge in [0, 0.05) is 9.64 Å². The molecule has 0 saturated carbocycles. The second-order valence-corrected chi connectivity index (χ2v) is 3.93. The third kappa shape index (κ3) is 3.22. The minimum Gasteiger partial charge on any atom is -0.476 e. The fourth-order valence-corrected chi connectivity index (χ4v) is 1.46. The molecule has 0 fully saturated rings. The van der Waals surface area contributed by atoms with Crippen LogP contribution in [0.3, 0.4) is 0 Å². The minimum atomic E-state index is -4.89. The molecule has 1 rings (SSSR count). The lowest BCUT2D eigenvalue weighted by Crippen LogP contribution is -2.19. The van der Waals surface area contributed by atoms with Crippen LogP contribution >= 0.6 is 22.6 Å². The summed E-state index contributed by atoms with van der Waals surface area (Å²) in [5, 5.41) is 8.71. The number of carboxylic acid groups (broad SMARTS) is 1. The molecule has 16 heavy (non-hydrogen) atoms. The molecule has 1 aromatic heterocycles. The third-order valence-electron chi connectivity index (χ3n) is 1.61. The van der Waals surface area contributed by atoms with E-state index in [1.807, 2.05) is 0 Å². The Labute approximate surface area is 102 Å². The van der Waals surface area contributed by atoms with Gasteiger partial charge in [-0.2, -0.15) is 0 Å². The Kier molecular flexibility index (Phi) is 3.61. The first-order valence-corrected chi connectivity index (χ1v) is 4.95. The highest BCUT2D eigenvalue weighted by Gasteiger charge is 2.32. The summed E-state index contributed by atoms with van der Waals surface area (Å²) in [6.07, 6.45) is -4.89. The number of rotatable bonds is 2. The molecule has 0 bridgehead atoms. The van der Waals surface area contributed by atoms with Crippen LogP contribution in [0.1, 0.15) is 16.1 Å². The predicted octanol–water partition coefficient (Wildman–Crippen LogP) is 2.59. The Morgan fingerprint density at radius 1 is 1.56 bits per heavy atom. The molecule has 0 aliphatic carbocycles. The molecule has 0 aromatic carbocycles. The fraction of sp³-hybridized carbons (Fsp3) is 0.250. The van der Waals surface area contributed by atoms with E-state index >= 15 is 0 Å². The predicted molar refractivity (Wildman–Crippen MR) is 55.3 cm³/mol. The molecule has 0 atom stereocenters. The van der Waals surface area contributed by atoms with E-state index in [0.717, 1.165) is 6.07 Å². The van der Waals surface area contributed by atoms with E-state index in [-0.39, 0.29) is 0 Å². The second kappa shape index (κ2) is 4.44. The van der Waals surface area contributed by atoms with Crippen LogP contribution < -0.4 is 4.74 Å². The topological polar surface area (TPSA) is 59.4 Å². The van der Waals surface area contributed by atoms with Gasteiger partial charge in [-0.05, 0) is 35.1 Å². The number of hydrogen-bond acceptors (Lipinski definition) is 3. The van der Waals surface area contributed by atoms with Gasteiger partial charge in [-0.3, -0.25) is 0 Å². The van der Waals surface area contributed by atoms with E-state index in [1.54, 1.807) is 22.6 Å². The molecule has 0 amide bonds. The van der Waals surface area contributed by atoms with E-state index < -0.39 is 23.9 Å². The lowest BCUT2D eigenvalue weighted by Gasteiger charge is -2.10. The molecule has 0 saturated heterocycles. The molecule has 0 unspecified atom stereocenters. The van der Waals surface area contributed by atoms with Gasteiger partial charge in [-0.25, -0.2) is 9.78 Å². The first-order valence-electron chi connectivity index (χ1n) is 3.87. The number of pyridine rings is 1. The van der Waals surface area contributed by atoms with Crippen molar-refractivity contribution in [1.82, 2.24) is 4.98 Å². The van der Waals surface area contributed by atoms with Crippen molar-refractivity contribution in [2.75, 3.05) is 0 Å². The summed E-state index contributed by atoms with van der Waals surface area (Å²) < 4.78 is 39.6. The lowest BCUT2D eigenvalue weighted by atomic mass is 10.2. The van der Waals surface area contributed by atoms with Crippen molar-refractivity contribution in [3.8, 4) is 5.88 Å². The van der Waals surface area contributed by atoms with Crippen molar-refractivity contribution < 1.29 is 27.8 Å². The van der Waals surface area contributed by atoms with E-state index in [4.69, 9.17) is 5.11 Å². The molecule has 0 aliphatic rings. The van der Waals surface area contributed by atoms with E-state index in [9.17, 15) is 18.0 Å². The summed E-state index contributed by atoms with van der Waals surface area (Å²) in [4.78, 5) is 14.0. The molecule has 1 N–H and O–H groups in total. The maximum atomic E-state index is 11.9. The number of carboxylic acids is 1. The van der Waals surface area contributed by atoms with Crippen LogP contribution in [0, 0.1) is 10.5 Å². The maximum absolute atomic E-state index is 11.9. The summed E-state index contributed by atoms with van der Waals surface area (Å²) in [6.45, 7) is 1.45. The van der Waals surface area contributed by atoms with Gasteiger partial charge in [-0.15, -0.1) is 13.2 Å². The number of carbonyl (C=O) groups is 1. The van der Waals surface area contributed by atoms with Gasteiger partial charge >= 0.3 is 12.3 Å². The Balaban J connectivity index is 3.19. The van der Waals surface area contributed by atoms with Crippen LogP contribution in [-0.4, -0.2) is 22.4 Å². The van der Waals surface area contributed by atoms with Gasteiger partial charge in [0.05, 0.1) is 0 Å². The molecule has 4 nitrogen and oxygen atoms in total. The smallest absolute Gasteiger partial charge is 0.476 e. The second-order valence-electron chi connectivity index (χ2n) is 2.77. The highest BCUT2D eigenvalue weighted by molar-refractivity contribution is 14.1. The minimum absolute atomic E-state index is 0.294. The van der Waals surface area contributed by atoms with Crippen LogP contribution in [0.15, 0.2) is 6.07 Å². The largest absolute Gasteiger partial charge is 0.574 e. The van der Waals surface area contributed by atoms with Gasteiger partial charge in [0.15, 0.2) is 5.69 Å². The summed E-state index contributed by atoms with van der Waals surface area (Å²) in [5.41, 5.74) is -0.159. The quantitative estimate of drug-likeness (QED) is 0.836. The van der Waals surface area contributed by atoms with Crippen molar-refractivity contribution in [2.24, 2.45) is 0 Å². The Morgan fingerprint density at radius 2 is 2.12 bits per heavy atom. The number of aromatic nitrogens is 1. The Hall–Kier alpha value is -1.06. The number of ether oxygens (including phenoxy) is 1. The van der Waals surface area contributed by atoms with Crippen molar-refractivity contribution >= 4 is 28.6 Å². The Morgan fingerprint density at radius 3 is 2.56 bits per heavy atom. The molecule has 0 aliphatic heterocycles. The van der Waals surface area contributed by atoms with Crippen molar-refractivity contribution in [3.05, 3.63) is 20.9 Å². The van der Waals surface area contributed by atoms with Gasteiger partial charge in [0.25, 0.3) is 0 Å². The van der Waals surface area contributed by atoms with Crippen LogP contribution in [0.5, 0.6) is 5.88 Å².